The molecule has 0 fully saturated rings. The first kappa shape index (κ1) is 29.1. The summed E-state index contributed by atoms with van der Waals surface area (Å²) in [5.41, 5.74) is 9.16. The summed E-state index contributed by atoms with van der Waals surface area (Å²) in [5, 5.41) is 13.5. The molecule has 0 saturated carbocycles. The summed E-state index contributed by atoms with van der Waals surface area (Å²) >= 11 is 1.77. The first-order valence-corrected chi connectivity index (χ1v) is 19.8. The molecule has 0 spiro atoms. The molecule has 56 heavy (non-hydrogen) atoms. The average Bonchev–Trinajstić information content (AvgIpc) is 4.05. The second-order valence-corrected chi connectivity index (χ2v) is 16.0. The van der Waals surface area contributed by atoms with E-state index >= 15 is 0 Å². The quantitative estimate of drug-likeness (QED) is 0.178. The van der Waals surface area contributed by atoms with E-state index < -0.39 is 0 Å². The summed E-state index contributed by atoms with van der Waals surface area (Å²) in [7, 11) is 0. The maximum absolute atomic E-state index is 5.69. The van der Waals surface area contributed by atoms with Crippen molar-refractivity contribution in [3.8, 4) is 11.8 Å². The lowest BCUT2D eigenvalue weighted by Crippen LogP contribution is -2.06. The summed E-state index contributed by atoms with van der Waals surface area (Å²) in [5.74, 6) is 1.56. The third kappa shape index (κ3) is 3.47. The van der Waals surface area contributed by atoms with E-state index in [1.807, 2.05) is 0 Å². The van der Waals surface area contributed by atoms with Crippen LogP contribution >= 0.6 is 11.3 Å². The van der Waals surface area contributed by atoms with E-state index in [9.17, 15) is 0 Å². The number of nitrogens with zero attached hydrogens (tertiary/aromatic N) is 5. The highest BCUT2D eigenvalue weighted by Gasteiger charge is 2.27. The molecule has 6 heterocycles. The number of para-hydroxylation sites is 4. The highest BCUT2D eigenvalue weighted by molar-refractivity contribution is 7.26. The molecule has 8 aromatic carbocycles. The van der Waals surface area contributed by atoms with Crippen LogP contribution in [0.25, 0.3) is 125 Å². The van der Waals surface area contributed by atoms with Crippen LogP contribution in [0.3, 0.4) is 0 Å². The van der Waals surface area contributed by atoms with Crippen molar-refractivity contribution in [3.63, 3.8) is 0 Å². The second-order valence-electron chi connectivity index (χ2n) is 14.9. The number of hydrogen-bond acceptors (Lipinski definition) is 3. The molecule has 0 atom stereocenters. The summed E-state index contributed by atoms with van der Waals surface area (Å²) in [6, 6.07) is 59.5. The topological polar surface area (TPSA) is 40.0 Å². The van der Waals surface area contributed by atoms with Gasteiger partial charge in [0.05, 0.1) is 48.8 Å². The summed E-state index contributed by atoms with van der Waals surface area (Å²) in [6.45, 7) is 0. The lowest BCUT2D eigenvalue weighted by molar-refractivity contribution is 0.977. The number of fused-ring (bicyclic) bond motifs is 18. The Labute approximate surface area is 321 Å². The monoisotopic (exact) mass is 729 g/mol. The molecule has 0 amide bonds. The number of rotatable bonds is 2. The van der Waals surface area contributed by atoms with E-state index in [2.05, 4.69) is 177 Å². The molecule has 0 unspecified atom stereocenters. The number of benzene rings is 8. The molecule has 14 rings (SSSR count). The molecule has 5 nitrogen and oxygen atoms in total. The zero-order valence-electron chi connectivity index (χ0n) is 29.7. The average molecular weight is 730 g/mol. The van der Waals surface area contributed by atoms with Gasteiger partial charge < -0.3 is 4.40 Å². The molecule has 6 aromatic heterocycles. The Kier molecular flexibility index (Phi) is 5.34. The predicted octanol–water partition coefficient (Wildman–Crippen LogP) is 13.3. The number of hydrogen-bond donors (Lipinski definition) is 0. The zero-order valence-corrected chi connectivity index (χ0v) is 30.5. The largest absolute Gasteiger partial charge is 0.307 e. The summed E-state index contributed by atoms with van der Waals surface area (Å²) in [6.07, 6.45) is 0. The first-order valence-electron chi connectivity index (χ1n) is 19.0. The summed E-state index contributed by atoms with van der Waals surface area (Å²) < 4.78 is 9.48. The van der Waals surface area contributed by atoms with E-state index in [0.29, 0.717) is 5.95 Å². The molecule has 0 saturated heterocycles. The maximum Gasteiger partial charge on any atom is 0.237 e. The maximum atomic E-state index is 5.69. The Balaban J connectivity index is 1.21. The Morgan fingerprint density at radius 1 is 0.393 bits per heavy atom. The fraction of sp³-hybridized carbons (Fsp3) is 0. The van der Waals surface area contributed by atoms with E-state index in [-0.39, 0.29) is 0 Å². The lowest BCUT2D eigenvalue weighted by atomic mass is 10.0. The minimum absolute atomic E-state index is 0.663. The van der Waals surface area contributed by atoms with Crippen molar-refractivity contribution in [2.75, 3.05) is 0 Å². The third-order valence-corrected chi connectivity index (χ3v) is 13.3. The van der Waals surface area contributed by atoms with Gasteiger partial charge in [-0.15, -0.1) is 11.3 Å². The molecular formula is C50H27N5S. The van der Waals surface area contributed by atoms with Crippen LogP contribution in [-0.4, -0.2) is 23.5 Å². The van der Waals surface area contributed by atoms with Crippen LogP contribution < -0.4 is 0 Å². The fourth-order valence-electron chi connectivity index (χ4n) is 9.95. The van der Waals surface area contributed by atoms with E-state index in [4.69, 9.17) is 9.97 Å². The van der Waals surface area contributed by atoms with Crippen LogP contribution in [0.1, 0.15) is 0 Å². The van der Waals surface area contributed by atoms with Crippen molar-refractivity contribution >= 4 is 124 Å². The van der Waals surface area contributed by atoms with Crippen molar-refractivity contribution < 1.29 is 0 Å². The molecule has 0 aliphatic rings. The standard InChI is InChI=1S/C50H27N5S/c1-2-14-29-28(13-1)25-26-32-36-27-41-43(44-34-18-6-11-23-40(34)55(46(29)32)47(36)44)33-17-5-10-22-39(33)54(41)50-51-45-35-19-7-12-24-42(35)56-48(45)49(52-50)53-37-20-8-3-15-30(37)31-16-4-9-21-38(31)53/h1-27H. The Bertz CT molecular complexity index is 3960. The van der Waals surface area contributed by atoms with Crippen LogP contribution in [0.2, 0.25) is 0 Å². The van der Waals surface area contributed by atoms with E-state index in [1.54, 1.807) is 11.3 Å². The van der Waals surface area contributed by atoms with Gasteiger partial charge >= 0.3 is 0 Å². The van der Waals surface area contributed by atoms with Crippen molar-refractivity contribution in [1.82, 2.24) is 23.5 Å². The molecule has 0 aliphatic heterocycles. The summed E-state index contributed by atoms with van der Waals surface area (Å²) in [4.78, 5) is 11.2. The minimum atomic E-state index is 0.663. The van der Waals surface area contributed by atoms with Gasteiger partial charge in [0.2, 0.25) is 5.95 Å². The molecular weight excluding hydrogens is 703 g/mol. The number of aromatic nitrogens is 5. The minimum Gasteiger partial charge on any atom is -0.307 e. The van der Waals surface area contributed by atoms with Gasteiger partial charge in [-0.1, -0.05) is 127 Å². The van der Waals surface area contributed by atoms with Gasteiger partial charge in [0.1, 0.15) is 0 Å². The van der Waals surface area contributed by atoms with Crippen LogP contribution in [0.4, 0.5) is 0 Å². The van der Waals surface area contributed by atoms with Gasteiger partial charge in [0.15, 0.2) is 5.82 Å². The molecule has 0 bridgehead atoms. The van der Waals surface area contributed by atoms with Crippen LogP contribution in [-0.2, 0) is 0 Å². The van der Waals surface area contributed by atoms with Gasteiger partial charge in [0.25, 0.3) is 0 Å². The molecule has 0 N–H and O–H groups in total. The molecule has 0 radical (unpaired) electrons. The van der Waals surface area contributed by atoms with Gasteiger partial charge in [-0.25, -0.2) is 4.98 Å². The van der Waals surface area contributed by atoms with Crippen LogP contribution in [0.15, 0.2) is 164 Å². The molecule has 14 aromatic rings. The smallest absolute Gasteiger partial charge is 0.237 e. The predicted molar refractivity (Wildman–Crippen MR) is 236 cm³/mol. The molecule has 0 aliphatic carbocycles. The van der Waals surface area contributed by atoms with Crippen LogP contribution in [0, 0.1) is 0 Å². The van der Waals surface area contributed by atoms with Gasteiger partial charge in [-0.3, -0.25) is 9.13 Å². The highest BCUT2D eigenvalue weighted by Crippen LogP contribution is 2.48. The second kappa shape index (κ2) is 10.3. The highest BCUT2D eigenvalue weighted by atomic mass is 32.1. The Morgan fingerprint density at radius 2 is 0.982 bits per heavy atom. The van der Waals surface area contributed by atoms with Crippen molar-refractivity contribution in [2.45, 2.75) is 0 Å². The van der Waals surface area contributed by atoms with Gasteiger partial charge in [-0.2, -0.15) is 4.98 Å². The SMILES string of the molecule is c1ccc2c(c1)ccc1c3cc4c(c5ccccc5n4-c4nc(-n5c6ccccc6c6ccccc65)c5sc6ccccc6c5n4)c4c5ccccc5n(c21)c34. The fourth-order valence-corrected chi connectivity index (χ4v) is 11.1. The Morgan fingerprint density at radius 3 is 1.73 bits per heavy atom. The first-order chi connectivity index (χ1) is 27.8. The number of thiophene rings is 1. The van der Waals surface area contributed by atoms with Gasteiger partial charge in [-0.05, 0) is 41.8 Å². The molecule has 6 heteroatoms. The van der Waals surface area contributed by atoms with Crippen LogP contribution in [0.5, 0.6) is 0 Å². The third-order valence-electron chi connectivity index (χ3n) is 12.2. The van der Waals surface area contributed by atoms with E-state index in [0.717, 1.165) is 43.5 Å². The van der Waals surface area contributed by atoms with Gasteiger partial charge in [0, 0.05) is 58.6 Å². The zero-order chi connectivity index (χ0) is 36.2. The normalized spacial score (nSPS) is 12.6. The van der Waals surface area contributed by atoms with Crippen molar-refractivity contribution in [3.05, 3.63) is 164 Å². The van der Waals surface area contributed by atoms with E-state index in [1.165, 1.54) is 75.1 Å². The van der Waals surface area contributed by atoms with Crippen molar-refractivity contribution in [1.29, 1.82) is 0 Å². The van der Waals surface area contributed by atoms with Crippen molar-refractivity contribution in [2.24, 2.45) is 0 Å². The molecule has 258 valence electrons. The lowest BCUT2D eigenvalue weighted by Gasteiger charge is -2.12. The Hall–Kier alpha value is -7.28.